The fourth-order valence-electron chi connectivity index (χ4n) is 8.52. The van der Waals surface area contributed by atoms with Crippen molar-refractivity contribution in [1.82, 2.24) is 14.5 Å². The van der Waals surface area contributed by atoms with Gasteiger partial charge in [0.1, 0.15) is 5.58 Å². The predicted octanol–water partition coefficient (Wildman–Crippen LogP) is 13.6. The molecule has 11 rings (SSSR count). The summed E-state index contributed by atoms with van der Waals surface area (Å²) in [4.78, 5) is 10.7. The van der Waals surface area contributed by atoms with Crippen LogP contribution in [-0.2, 0) is 0 Å². The van der Waals surface area contributed by atoms with E-state index in [0.29, 0.717) is 5.82 Å². The maximum atomic E-state index is 6.60. The van der Waals surface area contributed by atoms with E-state index < -0.39 is 0 Å². The van der Waals surface area contributed by atoms with Gasteiger partial charge in [-0.1, -0.05) is 158 Å². The molecule has 1 aliphatic carbocycles. The van der Waals surface area contributed by atoms with Gasteiger partial charge in [-0.15, -0.1) is 0 Å². The number of hydrogen-bond acceptors (Lipinski definition) is 3. The van der Waals surface area contributed by atoms with Crippen molar-refractivity contribution < 1.29 is 4.42 Å². The highest BCUT2D eigenvalue weighted by atomic mass is 16.3. The first-order valence-corrected chi connectivity index (χ1v) is 19.2. The van der Waals surface area contributed by atoms with E-state index in [2.05, 4.69) is 187 Å². The molecule has 0 saturated heterocycles. The Kier molecular flexibility index (Phi) is 7.59. The third-order valence-electron chi connectivity index (χ3n) is 11.1. The summed E-state index contributed by atoms with van der Waals surface area (Å²) < 4.78 is 8.95. The van der Waals surface area contributed by atoms with Gasteiger partial charge in [0, 0.05) is 38.6 Å². The summed E-state index contributed by atoms with van der Waals surface area (Å²) in [6.45, 7) is 0. The first-order chi connectivity index (χ1) is 27.8. The second-order valence-electron chi connectivity index (χ2n) is 14.5. The summed E-state index contributed by atoms with van der Waals surface area (Å²) in [6, 6.07) is 61.9. The van der Waals surface area contributed by atoms with Crippen LogP contribution in [0.4, 0.5) is 0 Å². The van der Waals surface area contributed by atoms with E-state index in [0.717, 1.165) is 95.1 Å². The van der Waals surface area contributed by atoms with Crippen LogP contribution in [0.25, 0.3) is 88.8 Å². The molecule has 0 saturated carbocycles. The fraction of sp³-hybridized carbons (Fsp3) is 0.0385. The average molecular weight is 718 g/mol. The number of para-hydroxylation sites is 3. The van der Waals surface area contributed by atoms with Crippen LogP contribution in [0.3, 0.4) is 0 Å². The SMILES string of the molecule is C1=CC(c2cc(-c3cccc4c3c3ccccc3n4-c3cccc4c3oc3ccccc34)nc(-c3cccc(-c4ccccc4)c3)n2)=CC(c2ccccc2)C1. The monoisotopic (exact) mass is 717 g/mol. The Morgan fingerprint density at radius 1 is 0.536 bits per heavy atom. The maximum absolute atomic E-state index is 6.60. The number of nitrogens with zero attached hydrogens (tertiary/aromatic N) is 3. The van der Waals surface area contributed by atoms with Crippen LogP contribution >= 0.6 is 0 Å². The largest absolute Gasteiger partial charge is 0.454 e. The molecule has 1 unspecified atom stereocenters. The van der Waals surface area contributed by atoms with Gasteiger partial charge in [0.15, 0.2) is 11.4 Å². The van der Waals surface area contributed by atoms with Crippen LogP contribution in [-0.4, -0.2) is 14.5 Å². The van der Waals surface area contributed by atoms with Crippen molar-refractivity contribution in [3.8, 4) is 39.5 Å². The molecule has 10 aromatic rings. The number of benzene rings is 7. The van der Waals surface area contributed by atoms with Gasteiger partial charge in [0.05, 0.1) is 28.1 Å². The number of allylic oxidation sites excluding steroid dienone is 4. The van der Waals surface area contributed by atoms with Gasteiger partial charge in [0.25, 0.3) is 0 Å². The third kappa shape index (κ3) is 5.38. The molecule has 0 bridgehead atoms. The number of fused-ring (bicyclic) bond motifs is 6. The Labute approximate surface area is 324 Å². The summed E-state index contributed by atoms with van der Waals surface area (Å²) in [5.74, 6) is 0.959. The predicted molar refractivity (Wildman–Crippen MR) is 231 cm³/mol. The summed E-state index contributed by atoms with van der Waals surface area (Å²) in [7, 11) is 0. The smallest absolute Gasteiger partial charge is 0.160 e. The minimum atomic E-state index is 0.266. The van der Waals surface area contributed by atoms with Crippen molar-refractivity contribution >= 4 is 49.3 Å². The molecule has 0 radical (unpaired) electrons. The lowest BCUT2D eigenvalue weighted by molar-refractivity contribution is 0.666. The number of rotatable bonds is 6. The Morgan fingerprint density at radius 3 is 2.11 bits per heavy atom. The molecule has 7 aromatic carbocycles. The van der Waals surface area contributed by atoms with Gasteiger partial charge in [-0.05, 0) is 65.1 Å². The van der Waals surface area contributed by atoms with E-state index in [4.69, 9.17) is 14.4 Å². The zero-order valence-electron chi connectivity index (χ0n) is 30.5. The van der Waals surface area contributed by atoms with Gasteiger partial charge < -0.3 is 8.98 Å². The van der Waals surface area contributed by atoms with E-state index >= 15 is 0 Å². The zero-order valence-corrected chi connectivity index (χ0v) is 30.5. The van der Waals surface area contributed by atoms with Gasteiger partial charge in [-0.3, -0.25) is 0 Å². The van der Waals surface area contributed by atoms with E-state index in [1.54, 1.807) is 0 Å². The molecule has 4 heteroatoms. The second kappa shape index (κ2) is 13.2. The quantitative estimate of drug-likeness (QED) is 0.172. The topological polar surface area (TPSA) is 43.9 Å². The van der Waals surface area contributed by atoms with Crippen molar-refractivity contribution in [3.05, 3.63) is 205 Å². The molecule has 0 amide bonds. The molecule has 56 heavy (non-hydrogen) atoms. The molecule has 1 atom stereocenters. The van der Waals surface area contributed by atoms with Crippen LogP contribution in [0.1, 0.15) is 23.6 Å². The average Bonchev–Trinajstić information content (AvgIpc) is 3.83. The minimum absolute atomic E-state index is 0.266. The van der Waals surface area contributed by atoms with Crippen LogP contribution in [0, 0.1) is 0 Å². The molecule has 3 heterocycles. The molecule has 0 fully saturated rings. The Morgan fingerprint density at radius 2 is 1.21 bits per heavy atom. The zero-order chi connectivity index (χ0) is 37.0. The standard InChI is InChI=1S/C52H35N3O/c1-3-15-34(16-4-1)36-19-11-21-38(31-36)44-33-45(54-52(53-44)39-22-12-20-37(32-39)35-17-5-2-6-18-35)42-26-14-28-47-50(42)43-24-7-9-27-46(43)55(47)48-29-13-25-41-40-23-8-10-30-49(40)56-51(41)48/h1-18,20-33,36H,19H2. The van der Waals surface area contributed by atoms with Crippen molar-refractivity contribution in [1.29, 1.82) is 0 Å². The van der Waals surface area contributed by atoms with E-state index in [1.165, 1.54) is 5.56 Å². The summed E-state index contributed by atoms with van der Waals surface area (Å²) in [5.41, 5.74) is 13.5. The number of furan rings is 1. The minimum Gasteiger partial charge on any atom is -0.454 e. The molecular weight excluding hydrogens is 683 g/mol. The Hall–Kier alpha value is -7.30. The summed E-state index contributed by atoms with van der Waals surface area (Å²) in [5, 5.41) is 4.51. The van der Waals surface area contributed by atoms with E-state index in [1.807, 2.05) is 12.1 Å². The molecule has 0 spiro atoms. The fourth-order valence-corrected chi connectivity index (χ4v) is 8.52. The lowest BCUT2D eigenvalue weighted by Gasteiger charge is -2.18. The molecule has 3 aromatic heterocycles. The van der Waals surface area contributed by atoms with Crippen molar-refractivity contribution in [2.75, 3.05) is 0 Å². The van der Waals surface area contributed by atoms with Crippen LogP contribution in [0.2, 0.25) is 0 Å². The van der Waals surface area contributed by atoms with Crippen LogP contribution in [0.5, 0.6) is 0 Å². The van der Waals surface area contributed by atoms with Crippen LogP contribution < -0.4 is 0 Å². The highest BCUT2D eigenvalue weighted by Crippen LogP contribution is 2.42. The van der Waals surface area contributed by atoms with Gasteiger partial charge in [-0.2, -0.15) is 0 Å². The Bertz CT molecular complexity index is 3170. The van der Waals surface area contributed by atoms with Crippen molar-refractivity contribution in [2.24, 2.45) is 0 Å². The van der Waals surface area contributed by atoms with E-state index in [9.17, 15) is 0 Å². The van der Waals surface area contributed by atoms with Gasteiger partial charge in [-0.25, -0.2) is 9.97 Å². The second-order valence-corrected chi connectivity index (χ2v) is 14.5. The Balaban J connectivity index is 1.15. The number of hydrogen-bond donors (Lipinski definition) is 0. The maximum Gasteiger partial charge on any atom is 0.160 e. The lowest BCUT2D eigenvalue weighted by Crippen LogP contribution is -2.02. The van der Waals surface area contributed by atoms with Crippen molar-refractivity contribution in [3.63, 3.8) is 0 Å². The first-order valence-electron chi connectivity index (χ1n) is 19.2. The highest BCUT2D eigenvalue weighted by molar-refractivity contribution is 6.17. The normalized spacial score (nSPS) is 14.2. The van der Waals surface area contributed by atoms with Gasteiger partial charge in [0.2, 0.25) is 0 Å². The van der Waals surface area contributed by atoms with Crippen molar-refractivity contribution in [2.45, 2.75) is 12.3 Å². The lowest BCUT2D eigenvalue weighted by atomic mass is 9.88. The summed E-state index contributed by atoms with van der Waals surface area (Å²) >= 11 is 0. The number of aromatic nitrogens is 3. The molecule has 264 valence electrons. The van der Waals surface area contributed by atoms with E-state index in [-0.39, 0.29) is 5.92 Å². The summed E-state index contributed by atoms with van der Waals surface area (Å²) in [6.07, 6.45) is 7.81. The van der Waals surface area contributed by atoms with Gasteiger partial charge >= 0.3 is 0 Å². The highest BCUT2D eigenvalue weighted by Gasteiger charge is 2.22. The molecule has 1 aliphatic rings. The molecule has 0 aliphatic heterocycles. The molecule has 0 N–H and O–H groups in total. The van der Waals surface area contributed by atoms with Crippen LogP contribution in [0.15, 0.2) is 199 Å². The molecular formula is C52H35N3O. The molecule has 4 nitrogen and oxygen atoms in total. The third-order valence-corrected chi connectivity index (χ3v) is 11.1. The first kappa shape index (κ1) is 32.2.